The van der Waals surface area contributed by atoms with Crippen molar-refractivity contribution in [2.24, 2.45) is 5.10 Å². The van der Waals surface area contributed by atoms with Gasteiger partial charge in [0.15, 0.2) is 0 Å². The molecule has 0 aliphatic rings. The number of aryl methyl sites for hydroxylation is 1. The number of hydrogen-bond donors (Lipinski definition) is 2. The fourth-order valence-electron chi connectivity index (χ4n) is 1.98. The second-order valence-corrected chi connectivity index (χ2v) is 4.89. The van der Waals surface area contributed by atoms with Crippen LogP contribution in [-0.2, 0) is 0 Å². The van der Waals surface area contributed by atoms with Crippen LogP contribution >= 0.6 is 0 Å². The van der Waals surface area contributed by atoms with E-state index in [0.29, 0.717) is 22.6 Å². The molecule has 0 aliphatic carbocycles. The Morgan fingerprint density at radius 3 is 2.68 bits per heavy atom. The summed E-state index contributed by atoms with van der Waals surface area (Å²) < 4.78 is 5.11. The first kappa shape index (κ1) is 15.6. The van der Waals surface area contributed by atoms with Crippen molar-refractivity contribution in [1.29, 1.82) is 0 Å². The van der Waals surface area contributed by atoms with E-state index in [4.69, 9.17) is 4.74 Å². The smallest absolute Gasteiger partial charge is 0.271 e. The Hall–Kier alpha value is -2.82. The molecule has 114 valence electrons. The van der Waals surface area contributed by atoms with Crippen LogP contribution in [0, 0.1) is 6.92 Å². The summed E-state index contributed by atoms with van der Waals surface area (Å²) in [6.45, 7) is 3.62. The normalized spacial score (nSPS) is 11.1. The van der Waals surface area contributed by atoms with Gasteiger partial charge in [-0.25, -0.2) is 5.43 Å². The van der Waals surface area contributed by atoms with E-state index in [9.17, 15) is 9.90 Å². The number of phenols is 1. The fraction of sp³-hybridized carbons (Fsp3) is 0.176. The third kappa shape index (κ3) is 3.63. The van der Waals surface area contributed by atoms with Crippen molar-refractivity contribution < 1.29 is 14.6 Å². The summed E-state index contributed by atoms with van der Waals surface area (Å²) in [6.07, 6.45) is 0. The van der Waals surface area contributed by atoms with Gasteiger partial charge in [-0.2, -0.15) is 5.10 Å². The predicted molar refractivity (Wildman–Crippen MR) is 85.5 cm³/mol. The van der Waals surface area contributed by atoms with Crippen molar-refractivity contribution in [3.63, 3.8) is 0 Å². The van der Waals surface area contributed by atoms with Crippen LogP contribution in [0.3, 0.4) is 0 Å². The van der Waals surface area contributed by atoms with Gasteiger partial charge in [0.05, 0.1) is 12.8 Å². The maximum atomic E-state index is 12.0. The minimum atomic E-state index is -0.301. The molecule has 5 nitrogen and oxygen atoms in total. The van der Waals surface area contributed by atoms with Crippen LogP contribution in [0.2, 0.25) is 0 Å². The molecule has 2 rings (SSSR count). The van der Waals surface area contributed by atoms with E-state index in [-0.39, 0.29) is 11.7 Å². The largest absolute Gasteiger partial charge is 0.507 e. The molecule has 0 unspecified atom stereocenters. The minimum Gasteiger partial charge on any atom is -0.507 e. The van der Waals surface area contributed by atoms with Crippen molar-refractivity contribution in [2.75, 3.05) is 7.11 Å². The van der Waals surface area contributed by atoms with E-state index in [1.165, 1.54) is 6.07 Å². The molecule has 0 bridgehead atoms. The van der Waals surface area contributed by atoms with Crippen LogP contribution in [0.1, 0.15) is 28.4 Å². The number of aromatic hydroxyl groups is 1. The standard InChI is InChI=1S/C17H18N2O3/c1-11-5-4-6-13(9-11)17(21)19-18-12(2)15-10-14(22-3)7-8-16(15)20/h4-10,20H,1-3H3,(H,19,21). The van der Waals surface area contributed by atoms with Gasteiger partial charge < -0.3 is 9.84 Å². The first-order valence-electron chi connectivity index (χ1n) is 6.80. The second-order valence-electron chi connectivity index (χ2n) is 4.89. The average Bonchev–Trinajstić information content (AvgIpc) is 2.52. The van der Waals surface area contributed by atoms with Crippen molar-refractivity contribution in [2.45, 2.75) is 13.8 Å². The van der Waals surface area contributed by atoms with E-state index >= 15 is 0 Å². The Morgan fingerprint density at radius 2 is 2.00 bits per heavy atom. The zero-order valence-electron chi connectivity index (χ0n) is 12.8. The van der Waals surface area contributed by atoms with Crippen LogP contribution in [0.5, 0.6) is 11.5 Å². The lowest BCUT2D eigenvalue weighted by molar-refractivity contribution is 0.0954. The summed E-state index contributed by atoms with van der Waals surface area (Å²) in [5, 5.41) is 13.9. The number of rotatable bonds is 4. The van der Waals surface area contributed by atoms with E-state index in [1.807, 2.05) is 19.1 Å². The molecule has 0 aromatic heterocycles. The maximum absolute atomic E-state index is 12.0. The maximum Gasteiger partial charge on any atom is 0.271 e. The van der Waals surface area contributed by atoms with Gasteiger partial charge in [0, 0.05) is 11.1 Å². The van der Waals surface area contributed by atoms with Gasteiger partial charge >= 0.3 is 0 Å². The van der Waals surface area contributed by atoms with E-state index < -0.39 is 0 Å². The molecule has 2 N–H and O–H groups in total. The summed E-state index contributed by atoms with van der Waals surface area (Å²) in [5.74, 6) is 0.379. The number of nitrogens with zero attached hydrogens (tertiary/aromatic N) is 1. The number of hydrazone groups is 1. The van der Waals surface area contributed by atoms with Crippen LogP contribution in [-0.4, -0.2) is 23.8 Å². The molecule has 0 fully saturated rings. The highest BCUT2D eigenvalue weighted by atomic mass is 16.5. The Morgan fingerprint density at radius 1 is 1.23 bits per heavy atom. The van der Waals surface area contributed by atoms with Crippen LogP contribution < -0.4 is 10.2 Å². The number of amides is 1. The Bertz CT molecular complexity index is 724. The highest BCUT2D eigenvalue weighted by molar-refractivity contribution is 6.02. The quantitative estimate of drug-likeness (QED) is 0.673. The van der Waals surface area contributed by atoms with E-state index in [0.717, 1.165) is 5.56 Å². The van der Waals surface area contributed by atoms with Crippen LogP contribution in [0.25, 0.3) is 0 Å². The molecule has 0 radical (unpaired) electrons. The van der Waals surface area contributed by atoms with Gasteiger partial charge in [-0.15, -0.1) is 0 Å². The van der Waals surface area contributed by atoms with Gasteiger partial charge in [-0.05, 0) is 44.2 Å². The molecule has 2 aromatic rings. The molecule has 1 amide bonds. The van der Waals surface area contributed by atoms with Crippen LogP contribution in [0.15, 0.2) is 47.6 Å². The summed E-state index contributed by atoms with van der Waals surface area (Å²) in [6, 6.07) is 12.1. The number of benzene rings is 2. The number of ether oxygens (including phenoxy) is 1. The fourth-order valence-corrected chi connectivity index (χ4v) is 1.98. The molecule has 0 aliphatic heterocycles. The number of phenolic OH excluding ortho intramolecular Hbond substituents is 1. The number of carbonyl (C=O) groups is 1. The lowest BCUT2D eigenvalue weighted by atomic mass is 10.1. The molecular formula is C17H18N2O3. The predicted octanol–water partition coefficient (Wildman–Crippen LogP) is 2.86. The molecule has 0 atom stereocenters. The van der Waals surface area contributed by atoms with Gasteiger partial charge in [-0.3, -0.25) is 4.79 Å². The zero-order valence-corrected chi connectivity index (χ0v) is 12.8. The second kappa shape index (κ2) is 6.76. The monoisotopic (exact) mass is 298 g/mol. The number of carbonyl (C=O) groups excluding carboxylic acids is 1. The first-order valence-corrected chi connectivity index (χ1v) is 6.80. The molecule has 0 spiro atoms. The number of nitrogens with one attached hydrogen (secondary N) is 1. The summed E-state index contributed by atoms with van der Waals surface area (Å²) in [4.78, 5) is 12.0. The molecule has 22 heavy (non-hydrogen) atoms. The average molecular weight is 298 g/mol. The zero-order chi connectivity index (χ0) is 16.1. The van der Waals surface area contributed by atoms with Gasteiger partial charge in [0.25, 0.3) is 5.91 Å². The van der Waals surface area contributed by atoms with Crippen molar-refractivity contribution in [1.82, 2.24) is 5.43 Å². The number of methoxy groups -OCH3 is 1. The van der Waals surface area contributed by atoms with Gasteiger partial charge in [0.2, 0.25) is 0 Å². The number of hydrogen-bond acceptors (Lipinski definition) is 4. The molecule has 5 heteroatoms. The Kier molecular flexibility index (Phi) is 4.78. The SMILES string of the molecule is COc1ccc(O)c(C(C)=NNC(=O)c2cccc(C)c2)c1. The summed E-state index contributed by atoms with van der Waals surface area (Å²) >= 11 is 0. The third-order valence-corrected chi connectivity index (χ3v) is 3.20. The van der Waals surface area contributed by atoms with Crippen molar-refractivity contribution >= 4 is 11.6 Å². The Balaban J connectivity index is 2.17. The minimum absolute atomic E-state index is 0.0758. The molecular weight excluding hydrogens is 280 g/mol. The van der Waals surface area contributed by atoms with Gasteiger partial charge in [-0.1, -0.05) is 17.7 Å². The van der Waals surface area contributed by atoms with E-state index in [2.05, 4.69) is 10.5 Å². The lowest BCUT2D eigenvalue weighted by Crippen LogP contribution is -2.19. The third-order valence-electron chi connectivity index (χ3n) is 3.20. The summed E-state index contributed by atoms with van der Waals surface area (Å²) in [5.41, 5.74) is 5.01. The molecule has 2 aromatic carbocycles. The highest BCUT2D eigenvalue weighted by Gasteiger charge is 2.08. The highest BCUT2D eigenvalue weighted by Crippen LogP contribution is 2.23. The topological polar surface area (TPSA) is 70.9 Å². The van der Waals surface area contributed by atoms with Gasteiger partial charge in [0.1, 0.15) is 11.5 Å². The lowest BCUT2D eigenvalue weighted by Gasteiger charge is -2.07. The molecule has 0 saturated carbocycles. The van der Waals surface area contributed by atoms with Crippen LogP contribution in [0.4, 0.5) is 0 Å². The van der Waals surface area contributed by atoms with Crippen molar-refractivity contribution in [3.8, 4) is 11.5 Å². The van der Waals surface area contributed by atoms with Crippen molar-refractivity contribution in [3.05, 3.63) is 59.2 Å². The van der Waals surface area contributed by atoms with E-state index in [1.54, 1.807) is 38.3 Å². The summed E-state index contributed by atoms with van der Waals surface area (Å²) in [7, 11) is 1.54. The molecule has 0 heterocycles. The Labute approximate surface area is 129 Å². The first-order chi connectivity index (χ1) is 10.5. The molecule has 0 saturated heterocycles.